The molecule has 0 atom stereocenters. The molecule has 6 heteroatoms. The fourth-order valence-electron chi connectivity index (χ4n) is 1.13. The van der Waals surface area contributed by atoms with Gasteiger partial charge in [0, 0.05) is 6.20 Å². The van der Waals surface area contributed by atoms with Gasteiger partial charge in [-0.15, -0.1) is 0 Å². The fourth-order valence-corrected chi connectivity index (χ4v) is 1.51. The van der Waals surface area contributed by atoms with Crippen LogP contribution in [0.25, 0.3) is 11.6 Å². The van der Waals surface area contributed by atoms with Crippen LogP contribution in [0.1, 0.15) is 11.4 Å². The summed E-state index contributed by atoms with van der Waals surface area (Å²) in [6, 6.07) is 5.36. The molecule has 2 rings (SSSR count). The van der Waals surface area contributed by atoms with Gasteiger partial charge in [0.1, 0.15) is 11.8 Å². The molecule has 0 unspecified atom stereocenters. The van der Waals surface area contributed by atoms with Crippen LogP contribution >= 0.6 is 11.8 Å². The SMILES string of the molecule is CSCc1noc(-c2ccc(C#N)cn2)n1. The Balaban J connectivity index is 2.25. The molecule has 0 aliphatic carbocycles. The van der Waals surface area contributed by atoms with Gasteiger partial charge in [-0.2, -0.15) is 22.0 Å². The highest BCUT2D eigenvalue weighted by Crippen LogP contribution is 2.15. The summed E-state index contributed by atoms with van der Waals surface area (Å²) in [5, 5.41) is 12.4. The molecule has 2 aromatic heterocycles. The first-order chi connectivity index (χ1) is 7.83. The van der Waals surface area contributed by atoms with Crippen LogP contribution in [0.15, 0.2) is 22.9 Å². The molecule has 2 heterocycles. The van der Waals surface area contributed by atoms with Gasteiger partial charge in [-0.3, -0.25) is 0 Å². The topological polar surface area (TPSA) is 75.6 Å². The zero-order valence-corrected chi connectivity index (χ0v) is 9.36. The summed E-state index contributed by atoms with van der Waals surface area (Å²) in [7, 11) is 0. The Morgan fingerprint density at radius 2 is 2.38 bits per heavy atom. The lowest BCUT2D eigenvalue weighted by Gasteiger charge is -1.91. The van der Waals surface area contributed by atoms with Crippen molar-refractivity contribution in [3.63, 3.8) is 0 Å². The van der Waals surface area contributed by atoms with E-state index >= 15 is 0 Å². The quantitative estimate of drug-likeness (QED) is 0.804. The maximum atomic E-state index is 8.63. The highest BCUT2D eigenvalue weighted by atomic mass is 32.2. The number of pyridine rings is 1. The molecular formula is C10H8N4OS. The van der Waals surface area contributed by atoms with E-state index in [1.807, 2.05) is 12.3 Å². The molecule has 0 bridgehead atoms. The largest absolute Gasteiger partial charge is 0.332 e. The van der Waals surface area contributed by atoms with Crippen LogP contribution in [0.2, 0.25) is 0 Å². The molecule has 0 aliphatic heterocycles. The van der Waals surface area contributed by atoms with Crippen molar-refractivity contribution < 1.29 is 4.52 Å². The van der Waals surface area contributed by atoms with Gasteiger partial charge < -0.3 is 4.52 Å². The minimum atomic E-state index is 0.383. The van der Waals surface area contributed by atoms with Crippen LogP contribution in [0, 0.1) is 11.3 Å². The van der Waals surface area contributed by atoms with Gasteiger partial charge in [0.2, 0.25) is 0 Å². The normalized spacial score (nSPS) is 10.0. The minimum absolute atomic E-state index is 0.383. The first-order valence-corrected chi connectivity index (χ1v) is 5.91. The van der Waals surface area contributed by atoms with Crippen LogP contribution in [0.3, 0.4) is 0 Å². The third-order valence-electron chi connectivity index (χ3n) is 1.85. The summed E-state index contributed by atoms with van der Waals surface area (Å²) in [5.41, 5.74) is 1.09. The number of nitrogens with zero attached hydrogens (tertiary/aromatic N) is 4. The number of thioether (sulfide) groups is 1. The number of aromatic nitrogens is 3. The molecule has 80 valence electrons. The molecule has 0 radical (unpaired) electrons. The van der Waals surface area contributed by atoms with Crippen LogP contribution < -0.4 is 0 Å². The van der Waals surface area contributed by atoms with E-state index in [0.29, 0.717) is 28.7 Å². The Hall–Kier alpha value is -1.87. The van der Waals surface area contributed by atoms with Crippen molar-refractivity contribution in [2.75, 3.05) is 6.26 Å². The van der Waals surface area contributed by atoms with Crippen molar-refractivity contribution in [2.45, 2.75) is 5.75 Å². The average molecular weight is 232 g/mol. The zero-order chi connectivity index (χ0) is 11.4. The highest BCUT2D eigenvalue weighted by Gasteiger charge is 2.09. The summed E-state index contributed by atoms with van der Waals surface area (Å²) in [6.07, 6.45) is 3.45. The minimum Gasteiger partial charge on any atom is -0.332 e. The smallest absolute Gasteiger partial charge is 0.276 e. The second kappa shape index (κ2) is 4.77. The second-order valence-electron chi connectivity index (χ2n) is 2.99. The third-order valence-corrected chi connectivity index (χ3v) is 2.40. The fraction of sp³-hybridized carbons (Fsp3) is 0.200. The molecule has 16 heavy (non-hydrogen) atoms. The number of rotatable bonds is 3. The molecule has 0 amide bonds. The van der Waals surface area contributed by atoms with Gasteiger partial charge in [-0.05, 0) is 18.4 Å². The molecular weight excluding hydrogens is 224 g/mol. The Kier molecular flexibility index (Phi) is 3.17. The molecule has 0 spiro atoms. The van der Waals surface area contributed by atoms with Crippen molar-refractivity contribution in [3.05, 3.63) is 29.7 Å². The predicted octanol–water partition coefficient (Wildman–Crippen LogP) is 1.87. The summed E-state index contributed by atoms with van der Waals surface area (Å²) in [6.45, 7) is 0. The van der Waals surface area contributed by atoms with E-state index < -0.39 is 0 Å². The van der Waals surface area contributed by atoms with Crippen molar-refractivity contribution in [1.82, 2.24) is 15.1 Å². The van der Waals surface area contributed by atoms with Gasteiger partial charge >= 0.3 is 0 Å². The summed E-state index contributed by atoms with van der Waals surface area (Å²) >= 11 is 1.62. The van der Waals surface area contributed by atoms with Crippen LogP contribution in [-0.2, 0) is 5.75 Å². The molecule has 0 aromatic carbocycles. The third kappa shape index (κ3) is 2.20. The van der Waals surface area contributed by atoms with Crippen molar-refractivity contribution in [1.29, 1.82) is 5.26 Å². The average Bonchev–Trinajstić information content (AvgIpc) is 2.78. The van der Waals surface area contributed by atoms with E-state index in [2.05, 4.69) is 15.1 Å². The van der Waals surface area contributed by atoms with E-state index in [9.17, 15) is 0 Å². The van der Waals surface area contributed by atoms with Crippen LogP contribution in [0.5, 0.6) is 0 Å². The number of hydrogen-bond acceptors (Lipinski definition) is 6. The number of nitriles is 1. The lowest BCUT2D eigenvalue weighted by Crippen LogP contribution is -1.86. The van der Waals surface area contributed by atoms with Crippen molar-refractivity contribution in [3.8, 4) is 17.7 Å². The Morgan fingerprint density at radius 3 is 3.00 bits per heavy atom. The van der Waals surface area contributed by atoms with Gasteiger partial charge in [0.25, 0.3) is 5.89 Å². The van der Waals surface area contributed by atoms with Crippen molar-refractivity contribution >= 4 is 11.8 Å². The monoisotopic (exact) mass is 232 g/mol. The number of hydrogen-bond donors (Lipinski definition) is 0. The molecule has 5 nitrogen and oxygen atoms in total. The van der Waals surface area contributed by atoms with Crippen LogP contribution in [-0.4, -0.2) is 21.4 Å². The molecule has 2 aromatic rings. The van der Waals surface area contributed by atoms with Gasteiger partial charge in [-0.25, -0.2) is 4.98 Å². The molecule has 0 saturated carbocycles. The maximum absolute atomic E-state index is 8.63. The van der Waals surface area contributed by atoms with Gasteiger partial charge in [0.05, 0.1) is 11.3 Å². The van der Waals surface area contributed by atoms with E-state index in [-0.39, 0.29) is 0 Å². The first-order valence-electron chi connectivity index (χ1n) is 4.51. The molecule has 0 N–H and O–H groups in total. The summed E-state index contributed by atoms with van der Waals surface area (Å²) in [5.74, 6) is 1.74. The van der Waals surface area contributed by atoms with Gasteiger partial charge in [0.15, 0.2) is 5.82 Å². The first kappa shape index (κ1) is 10.6. The van der Waals surface area contributed by atoms with Crippen molar-refractivity contribution in [2.24, 2.45) is 0 Å². The van der Waals surface area contributed by atoms with E-state index in [0.717, 1.165) is 0 Å². The van der Waals surface area contributed by atoms with E-state index in [1.165, 1.54) is 6.20 Å². The summed E-state index contributed by atoms with van der Waals surface area (Å²) < 4.78 is 5.06. The standard InChI is InChI=1S/C10H8N4OS/c1-16-6-9-13-10(15-14-9)8-3-2-7(4-11)5-12-8/h2-3,5H,6H2,1H3. The highest BCUT2D eigenvalue weighted by molar-refractivity contribution is 7.97. The summed E-state index contributed by atoms with van der Waals surface area (Å²) in [4.78, 5) is 8.25. The zero-order valence-electron chi connectivity index (χ0n) is 8.54. The molecule has 0 aliphatic rings. The Bertz CT molecular complexity index is 514. The predicted molar refractivity (Wildman–Crippen MR) is 59.5 cm³/mol. The van der Waals surface area contributed by atoms with Crippen LogP contribution in [0.4, 0.5) is 0 Å². The maximum Gasteiger partial charge on any atom is 0.276 e. The Morgan fingerprint density at radius 1 is 1.50 bits per heavy atom. The lowest BCUT2D eigenvalue weighted by molar-refractivity contribution is 0.424. The van der Waals surface area contributed by atoms with E-state index in [4.69, 9.17) is 9.78 Å². The van der Waals surface area contributed by atoms with Gasteiger partial charge in [-0.1, -0.05) is 5.16 Å². The van der Waals surface area contributed by atoms with E-state index in [1.54, 1.807) is 23.9 Å². The molecule has 0 saturated heterocycles. The lowest BCUT2D eigenvalue weighted by atomic mass is 10.3. The second-order valence-corrected chi connectivity index (χ2v) is 3.86. The molecule has 0 fully saturated rings. The Labute approximate surface area is 96.5 Å².